The number of nitrogens with one attached hydrogen (secondary N) is 2. The van der Waals surface area contributed by atoms with Gasteiger partial charge in [-0.05, 0) is 37.9 Å². The summed E-state index contributed by atoms with van der Waals surface area (Å²) in [6, 6.07) is 2.49. The maximum Gasteiger partial charge on any atom is 0.416 e. The number of sulfonamides is 1. The van der Waals surface area contributed by atoms with Gasteiger partial charge in [0.1, 0.15) is 11.0 Å². The SMILES string of the molecule is CN[C@@H](C)C(=O)NC(C(=O)N1CCC2[C@H]1[C@@H](c1csc(-c3cccc(C(F)(F)F)c3)n1)CN2S(C)(=O)=O)C(C)(C)C. The average molecular weight is 616 g/mol. The highest BCUT2D eigenvalue weighted by molar-refractivity contribution is 7.88. The Morgan fingerprint density at radius 1 is 1.20 bits per heavy atom. The van der Waals surface area contributed by atoms with E-state index in [1.54, 1.807) is 30.3 Å². The van der Waals surface area contributed by atoms with Gasteiger partial charge in [-0.25, -0.2) is 13.4 Å². The highest BCUT2D eigenvalue weighted by atomic mass is 32.2. The van der Waals surface area contributed by atoms with Crippen LogP contribution in [0.3, 0.4) is 0 Å². The van der Waals surface area contributed by atoms with Crippen LogP contribution in [0.25, 0.3) is 10.6 Å². The van der Waals surface area contributed by atoms with Crippen LogP contribution in [-0.2, 0) is 25.8 Å². The summed E-state index contributed by atoms with van der Waals surface area (Å²) in [6.07, 6.45) is -2.95. The van der Waals surface area contributed by atoms with E-state index in [1.807, 2.05) is 20.8 Å². The fourth-order valence-electron chi connectivity index (χ4n) is 5.57. The van der Waals surface area contributed by atoms with E-state index >= 15 is 0 Å². The van der Waals surface area contributed by atoms with E-state index in [-0.39, 0.29) is 18.4 Å². The molecule has 4 rings (SSSR count). The minimum absolute atomic E-state index is 0.0903. The van der Waals surface area contributed by atoms with E-state index in [4.69, 9.17) is 0 Å². The Labute approximate surface area is 242 Å². The molecule has 0 radical (unpaired) electrons. The first-order valence-corrected chi connectivity index (χ1v) is 16.0. The zero-order chi connectivity index (χ0) is 30.5. The number of likely N-dealkylation sites (N-methyl/N-ethyl adjacent to an activating group) is 1. The Morgan fingerprint density at radius 2 is 1.88 bits per heavy atom. The molecule has 3 heterocycles. The van der Waals surface area contributed by atoms with Crippen LogP contribution in [0.4, 0.5) is 13.2 Å². The molecule has 2 fully saturated rings. The summed E-state index contributed by atoms with van der Waals surface area (Å²) in [7, 11) is -1.98. The molecule has 2 aliphatic rings. The van der Waals surface area contributed by atoms with Gasteiger partial charge in [0.15, 0.2) is 0 Å². The van der Waals surface area contributed by atoms with Crippen LogP contribution in [0.5, 0.6) is 0 Å². The summed E-state index contributed by atoms with van der Waals surface area (Å²) in [5, 5.41) is 7.84. The molecule has 9 nitrogen and oxygen atoms in total. The highest BCUT2D eigenvalue weighted by Gasteiger charge is 2.55. The smallest absolute Gasteiger partial charge is 0.342 e. The normalized spacial score (nSPS) is 23.3. The molecule has 2 N–H and O–H groups in total. The van der Waals surface area contributed by atoms with Crippen molar-refractivity contribution in [2.45, 2.75) is 70.4 Å². The molecule has 2 aliphatic heterocycles. The summed E-state index contributed by atoms with van der Waals surface area (Å²) in [4.78, 5) is 33.1. The van der Waals surface area contributed by atoms with E-state index < -0.39 is 57.3 Å². The molecule has 2 amide bonds. The number of aromatic nitrogens is 1. The number of fused-ring (bicyclic) bond motifs is 1. The van der Waals surface area contributed by atoms with Gasteiger partial charge in [0, 0.05) is 36.0 Å². The number of rotatable bonds is 7. The zero-order valence-corrected chi connectivity index (χ0v) is 25.5. The molecule has 14 heteroatoms. The zero-order valence-electron chi connectivity index (χ0n) is 23.8. The molecule has 0 bridgehead atoms. The Hall–Kier alpha value is -2.55. The Balaban J connectivity index is 1.69. The molecule has 0 saturated carbocycles. The third-order valence-corrected chi connectivity index (χ3v) is 10.0. The average Bonchev–Trinajstić information content (AvgIpc) is 3.60. The van der Waals surface area contributed by atoms with Crippen LogP contribution < -0.4 is 10.6 Å². The van der Waals surface area contributed by atoms with Crippen LogP contribution in [0.1, 0.15) is 51.3 Å². The van der Waals surface area contributed by atoms with Crippen molar-refractivity contribution in [3.8, 4) is 10.6 Å². The van der Waals surface area contributed by atoms with Crippen molar-refractivity contribution in [1.82, 2.24) is 24.8 Å². The lowest BCUT2D eigenvalue weighted by Gasteiger charge is -2.37. The van der Waals surface area contributed by atoms with Crippen molar-refractivity contribution in [2.24, 2.45) is 5.41 Å². The molecule has 1 aromatic heterocycles. The second kappa shape index (κ2) is 11.3. The van der Waals surface area contributed by atoms with Crippen LogP contribution >= 0.6 is 11.3 Å². The minimum Gasteiger partial charge on any atom is -0.342 e. The maximum absolute atomic E-state index is 14.1. The van der Waals surface area contributed by atoms with Crippen molar-refractivity contribution < 1.29 is 31.2 Å². The van der Waals surface area contributed by atoms with Gasteiger partial charge in [0.2, 0.25) is 21.8 Å². The van der Waals surface area contributed by atoms with E-state index in [1.165, 1.54) is 21.7 Å². The maximum atomic E-state index is 14.1. The van der Waals surface area contributed by atoms with Crippen LogP contribution in [0, 0.1) is 5.41 Å². The third kappa shape index (κ3) is 6.45. The van der Waals surface area contributed by atoms with Gasteiger partial charge in [-0.15, -0.1) is 11.3 Å². The number of amides is 2. The van der Waals surface area contributed by atoms with Crippen molar-refractivity contribution in [3.05, 3.63) is 40.9 Å². The fourth-order valence-corrected chi connectivity index (χ4v) is 7.61. The van der Waals surface area contributed by atoms with E-state index in [2.05, 4.69) is 15.6 Å². The number of likely N-dealkylation sites (tertiary alicyclic amines) is 1. The predicted molar refractivity (Wildman–Crippen MR) is 151 cm³/mol. The number of hydrogen-bond donors (Lipinski definition) is 2. The molecule has 5 atom stereocenters. The second-order valence-electron chi connectivity index (χ2n) is 11.8. The van der Waals surface area contributed by atoms with Crippen molar-refractivity contribution in [3.63, 3.8) is 0 Å². The first-order chi connectivity index (χ1) is 18.9. The molecular weight excluding hydrogens is 579 g/mol. The number of halogens is 3. The lowest BCUT2D eigenvalue weighted by Crippen LogP contribution is -2.59. The van der Waals surface area contributed by atoms with Crippen molar-refractivity contribution in [1.29, 1.82) is 0 Å². The fraction of sp³-hybridized carbons (Fsp3) is 0.593. The quantitative estimate of drug-likeness (QED) is 0.495. The summed E-state index contributed by atoms with van der Waals surface area (Å²) in [5.74, 6) is -1.14. The molecule has 1 aromatic carbocycles. The monoisotopic (exact) mass is 615 g/mol. The van der Waals surface area contributed by atoms with E-state index in [0.717, 1.165) is 18.4 Å². The molecular formula is C27H36F3N5O4S2. The third-order valence-electron chi connectivity index (χ3n) is 7.85. The number of thiazole rings is 1. The van der Waals surface area contributed by atoms with Crippen molar-refractivity contribution >= 4 is 33.2 Å². The first-order valence-electron chi connectivity index (χ1n) is 13.3. The Morgan fingerprint density at radius 3 is 2.46 bits per heavy atom. The molecule has 2 aromatic rings. The summed E-state index contributed by atoms with van der Waals surface area (Å²) in [6.45, 7) is 7.63. The number of carbonyl (C=O) groups excluding carboxylic acids is 2. The molecule has 41 heavy (non-hydrogen) atoms. The Kier molecular flexibility index (Phi) is 8.63. The second-order valence-corrected chi connectivity index (χ2v) is 14.6. The largest absolute Gasteiger partial charge is 0.416 e. The number of hydrogen-bond acceptors (Lipinski definition) is 7. The summed E-state index contributed by atoms with van der Waals surface area (Å²) < 4.78 is 66.8. The lowest BCUT2D eigenvalue weighted by atomic mass is 9.85. The first kappa shape index (κ1) is 31.4. The molecule has 0 aliphatic carbocycles. The van der Waals surface area contributed by atoms with Crippen LogP contribution in [0.15, 0.2) is 29.6 Å². The topological polar surface area (TPSA) is 112 Å². The summed E-state index contributed by atoms with van der Waals surface area (Å²) >= 11 is 1.17. The molecule has 2 unspecified atom stereocenters. The highest BCUT2D eigenvalue weighted by Crippen LogP contribution is 2.44. The number of benzene rings is 1. The van der Waals surface area contributed by atoms with Gasteiger partial charge < -0.3 is 15.5 Å². The lowest BCUT2D eigenvalue weighted by molar-refractivity contribution is -0.140. The number of nitrogens with zero attached hydrogens (tertiary/aromatic N) is 3. The van der Waals surface area contributed by atoms with Gasteiger partial charge in [-0.1, -0.05) is 32.9 Å². The van der Waals surface area contributed by atoms with Crippen molar-refractivity contribution in [2.75, 3.05) is 26.4 Å². The van der Waals surface area contributed by atoms with E-state index in [0.29, 0.717) is 29.2 Å². The molecule has 0 spiro atoms. The van der Waals surface area contributed by atoms with E-state index in [9.17, 15) is 31.2 Å². The van der Waals surface area contributed by atoms with Crippen LogP contribution in [-0.4, -0.2) is 85.0 Å². The molecule has 2 saturated heterocycles. The van der Waals surface area contributed by atoms with Gasteiger partial charge in [-0.2, -0.15) is 17.5 Å². The Bertz CT molecular complexity index is 1410. The molecule has 226 valence electrons. The summed E-state index contributed by atoms with van der Waals surface area (Å²) in [5.41, 5.74) is -0.603. The van der Waals surface area contributed by atoms with Gasteiger partial charge in [-0.3, -0.25) is 9.59 Å². The standard InChI is InChI=1S/C27H36F3N5O4S2/c1-15(31-5)23(36)33-22(26(2,3)4)25(37)34-11-10-20-21(34)18(13-35(20)41(6,38)39)19-14-40-24(32-19)16-8-7-9-17(12-16)27(28,29)30/h7-9,12,14-15,18,20-22,31H,10-11,13H2,1-6H3,(H,33,36)/t15-,18+,20?,21+,22?/m0/s1. The minimum atomic E-state index is -4.50. The van der Waals surface area contributed by atoms with Gasteiger partial charge in [0.25, 0.3) is 0 Å². The van der Waals surface area contributed by atoms with Gasteiger partial charge in [0.05, 0.1) is 29.6 Å². The van der Waals surface area contributed by atoms with Gasteiger partial charge >= 0.3 is 6.18 Å². The number of alkyl halides is 3. The van der Waals surface area contributed by atoms with Crippen LogP contribution in [0.2, 0.25) is 0 Å². The number of carbonyl (C=O) groups is 2. The predicted octanol–water partition coefficient (Wildman–Crippen LogP) is 3.30.